The number of nitrogens with one attached hydrogen (secondary N) is 2. The fourth-order valence-corrected chi connectivity index (χ4v) is 2.58. The zero-order valence-electron chi connectivity index (χ0n) is 13.1. The van der Waals surface area contributed by atoms with Gasteiger partial charge in [-0.15, -0.1) is 0 Å². The third kappa shape index (κ3) is 4.32. The molecular formula is C17H17BrN2O3. The number of aryl methyl sites for hydroxylation is 1. The molecule has 0 aliphatic rings. The van der Waals surface area contributed by atoms with Crippen LogP contribution in [0.3, 0.4) is 0 Å². The summed E-state index contributed by atoms with van der Waals surface area (Å²) >= 11 is 3.36. The molecule has 0 unspecified atom stereocenters. The lowest BCUT2D eigenvalue weighted by Crippen LogP contribution is -2.13. The number of methoxy groups -OCH3 is 1. The van der Waals surface area contributed by atoms with Crippen molar-refractivity contribution in [3.63, 3.8) is 0 Å². The van der Waals surface area contributed by atoms with Gasteiger partial charge in [0.15, 0.2) is 0 Å². The number of rotatable bonds is 4. The molecule has 23 heavy (non-hydrogen) atoms. The van der Waals surface area contributed by atoms with Gasteiger partial charge in [0.25, 0.3) is 5.91 Å². The number of carbonyl (C=O) groups is 2. The number of amides is 2. The Kier molecular flexibility index (Phi) is 5.39. The number of benzene rings is 2. The van der Waals surface area contributed by atoms with Crippen LogP contribution in [-0.4, -0.2) is 18.9 Å². The molecule has 0 atom stereocenters. The van der Waals surface area contributed by atoms with Gasteiger partial charge in [-0.1, -0.05) is 6.07 Å². The van der Waals surface area contributed by atoms with Crippen LogP contribution >= 0.6 is 15.9 Å². The maximum absolute atomic E-state index is 12.4. The van der Waals surface area contributed by atoms with E-state index in [1.165, 1.54) is 6.92 Å². The smallest absolute Gasteiger partial charge is 0.255 e. The first kappa shape index (κ1) is 17.0. The van der Waals surface area contributed by atoms with Crippen molar-refractivity contribution in [2.24, 2.45) is 0 Å². The first-order valence-corrected chi connectivity index (χ1v) is 7.73. The number of carbonyl (C=O) groups excluding carboxylic acids is 2. The van der Waals surface area contributed by atoms with E-state index in [-0.39, 0.29) is 11.8 Å². The molecule has 2 aromatic rings. The molecule has 120 valence electrons. The van der Waals surface area contributed by atoms with Crippen molar-refractivity contribution in [1.82, 2.24) is 0 Å². The van der Waals surface area contributed by atoms with Gasteiger partial charge in [0.1, 0.15) is 5.75 Å². The Morgan fingerprint density at radius 2 is 1.83 bits per heavy atom. The molecule has 0 saturated heterocycles. The molecule has 0 aliphatic carbocycles. The molecule has 0 radical (unpaired) electrons. The molecule has 2 rings (SSSR count). The molecule has 0 aliphatic heterocycles. The Morgan fingerprint density at radius 1 is 1.09 bits per heavy atom. The molecule has 0 spiro atoms. The third-order valence-corrected chi connectivity index (χ3v) is 3.84. The molecule has 0 saturated carbocycles. The maximum atomic E-state index is 12.4. The van der Waals surface area contributed by atoms with Gasteiger partial charge in [-0.05, 0) is 58.7 Å². The summed E-state index contributed by atoms with van der Waals surface area (Å²) in [6, 6.07) is 10.5. The van der Waals surface area contributed by atoms with Gasteiger partial charge in [-0.2, -0.15) is 0 Å². The van der Waals surface area contributed by atoms with E-state index >= 15 is 0 Å². The predicted octanol–water partition coefficient (Wildman–Crippen LogP) is 3.98. The molecular weight excluding hydrogens is 360 g/mol. The van der Waals surface area contributed by atoms with Crippen LogP contribution in [0.5, 0.6) is 5.75 Å². The molecule has 0 aromatic heterocycles. The van der Waals surface area contributed by atoms with E-state index in [1.54, 1.807) is 37.4 Å². The molecule has 6 heteroatoms. The van der Waals surface area contributed by atoms with Gasteiger partial charge in [0.2, 0.25) is 5.91 Å². The molecule has 0 bridgehead atoms. The summed E-state index contributed by atoms with van der Waals surface area (Å²) < 4.78 is 5.86. The van der Waals surface area contributed by atoms with Gasteiger partial charge in [0, 0.05) is 23.9 Å². The fourth-order valence-electron chi connectivity index (χ4n) is 2.04. The minimum atomic E-state index is -0.239. The van der Waals surface area contributed by atoms with Gasteiger partial charge in [0.05, 0.1) is 11.6 Å². The largest absolute Gasteiger partial charge is 0.496 e. The Bertz CT molecular complexity index is 759. The average Bonchev–Trinajstić information content (AvgIpc) is 2.50. The second-order valence-electron chi connectivity index (χ2n) is 5.01. The van der Waals surface area contributed by atoms with Crippen LogP contribution in [0.15, 0.2) is 40.9 Å². The maximum Gasteiger partial charge on any atom is 0.255 e. The van der Waals surface area contributed by atoms with E-state index < -0.39 is 0 Å². The number of hydrogen-bond donors (Lipinski definition) is 2. The summed E-state index contributed by atoms with van der Waals surface area (Å²) in [5, 5.41) is 5.55. The minimum Gasteiger partial charge on any atom is -0.496 e. The van der Waals surface area contributed by atoms with Crippen LogP contribution < -0.4 is 15.4 Å². The summed E-state index contributed by atoms with van der Waals surface area (Å²) in [6.45, 7) is 3.32. The Morgan fingerprint density at radius 3 is 2.43 bits per heavy atom. The Balaban J connectivity index is 2.22. The Labute approximate surface area is 143 Å². The quantitative estimate of drug-likeness (QED) is 0.847. The zero-order valence-corrected chi connectivity index (χ0v) is 14.7. The SMILES string of the molecule is COc1ccc(C(=O)Nc2cc(NC(C)=O)ccc2C)cc1Br. The van der Waals surface area contributed by atoms with E-state index in [0.29, 0.717) is 27.2 Å². The summed E-state index contributed by atoms with van der Waals surface area (Å²) in [5.41, 5.74) is 2.68. The summed E-state index contributed by atoms with van der Waals surface area (Å²) in [4.78, 5) is 23.5. The van der Waals surface area contributed by atoms with Crippen molar-refractivity contribution >= 4 is 39.1 Å². The van der Waals surface area contributed by atoms with Crippen molar-refractivity contribution in [2.75, 3.05) is 17.7 Å². The summed E-state index contributed by atoms with van der Waals surface area (Å²) in [6.07, 6.45) is 0. The van der Waals surface area contributed by atoms with Crippen LogP contribution in [0.4, 0.5) is 11.4 Å². The second-order valence-corrected chi connectivity index (χ2v) is 5.87. The molecule has 2 aromatic carbocycles. The normalized spacial score (nSPS) is 10.1. The first-order chi connectivity index (χ1) is 10.9. The van der Waals surface area contributed by atoms with Gasteiger partial charge in [-0.25, -0.2) is 0 Å². The fraction of sp³-hybridized carbons (Fsp3) is 0.176. The number of halogens is 1. The van der Waals surface area contributed by atoms with Crippen molar-refractivity contribution in [1.29, 1.82) is 0 Å². The van der Waals surface area contributed by atoms with Crippen LogP contribution in [-0.2, 0) is 4.79 Å². The van der Waals surface area contributed by atoms with E-state index in [0.717, 1.165) is 5.56 Å². The van der Waals surface area contributed by atoms with Crippen molar-refractivity contribution in [2.45, 2.75) is 13.8 Å². The topological polar surface area (TPSA) is 67.4 Å². The highest BCUT2D eigenvalue weighted by atomic mass is 79.9. The van der Waals surface area contributed by atoms with Gasteiger partial charge < -0.3 is 15.4 Å². The van der Waals surface area contributed by atoms with Crippen molar-refractivity contribution in [3.05, 3.63) is 52.0 Å². The molecule has 0 heterocycles. The first-order valence-electron chi connectivity index (χ1n) is 6.94. The summed E-state index contributed by atoms with van der Waals surface area (Å²) in [5.74, 6) is 0.257. The van der Waals surface area contributed by atoms with Crippen molar-refractivity contribution < 1.29 is 14.3 Å². The number of ether oxygens (including phenoxy) is 1. The monoisotopic (exact) mass is 376 g/mol. The van der Waals surface area contributed by atoms with Gasteiger partial charge >= 0.3 is 0 Å². The zero-order chi connectivity index (χ0) is 17.0. The lowest BCUT2D eigenvalue weighted by Gasteiger charge is -2.12. The van der Waals surface area contributed by atoms with Crippen LogP contribution in [0.1, 0.15) is 22.8 Å². The van der Waals surface area contributed by atoms with E-state index in [4.69, 9.17) is 4.74 Å². The minimum absolute atomic E-state index is 0.162. The van der Waals surface area contributed by atoms with Crippen molar-refractivity contribution in [3.8, 4) is 5.75 Å². The third-order valence-electron chi connectivity index (χ3n) is 3.22. The highest BCUT2D eigenvalue weighted by Gasteiger charge is 2.11. The number of anilines is 2. The van der Waals surface area contributed by atoms with Crippen LogP contribution in [0.25, 0.3) is 0 Å². The van der Waals surface area contributed by atoms with Crippen LogP contribution in [0, 0.1) is 6.92 Å². The standard InChI is InChI=1S/C17H17BrN2O3/c1-10-4-6-13(19-11(2)21)9-15(10)20-17(22)12-5-7-16(23-3)14(18)8-12/h4-9H,1-3H3,(H,19,21)(H,20,22). The van der Waals surface area contributed by atoms with E-state index in [1.807, 2.05) is 13.0 Å². The lowest BCUT2D eigenvalue weighted by atomic mass is 10.1. The van der Waals surface area contributed by atoms with E-state index in [2.05, 4.69) is 26.6 Å². The average molecular weight is 377 g/mol. The molecule has 2 N–H and O–H groups in total. The van der Waals surface area contributed by atoms with Gasteiger partial charge in [-0.3, -0.25) is 9.59 Å². The predicted molar refractivity (Wildman–Crippen MR) is 94.1 cm³/mol. The highest BCUT2D eigenvalue weighted by Crippen LogP contribution is 2.26. The second kappa shape index (κ2) is 7.28. The van der Waals surface area contributed by atoms with Crippen LogP contribution in [0.2, 0.25) is 0 Å². The Hall–Kier alpha value is -2.34. The van der Waals surface area contributed by atoms with E-state index in [9.17, 15) is 9.59 Å². The number of hydrogen-bond acceptors (Lipinski definition) is 3. The summed E-state index contributed by atoms with van der Waals surface area (Å²) in [7, 11) is 1.57. The molecule has 5 nitrogen and oxygen atoms in total. The molecule has 0 fully saturated rings. The molecule has 2 amide bonds. The lowest BCUT2D eigenvalue weighted by molar-refractivity contribution is -0.114. The highest BCUT2D eigenvalue weighted by molar-refractivity contribution is 9.10.